The lowest BCUT2D eigenvalue weighted by atomic mass is 9.75. The number of carbonyl (C=O) groups is 2. The summed E-state index contributed by atoms with van der Waals surface area (Å²) in [6, 6.07) is -0.317. The molecule has 6 heteroatoms. The molecule has 110 valence electrons. The number of carboxylic acid groups (broad SMARTS) is 1. The molecule has 1 aliphatic rings. The van der Waals surface area contributed by atoms with E-state index in [4.69, 9.17) is 5.11 Å². The van der Waals surface area contributed by atoms with E-state index in [9.17, 15) is 14.7 Å². The molecule has 0 radical (unpaired) electrons. The van der Waals surface area contributed by atoms with E-state index >= 15 is 0 Å². The van der Waals surface area contributed by atoms with Crippen molar-refractivity contribution in [3.63, 3.8) is 0 Å². The van der Waals surface area contributed by atoms with Crippen molar-refractivity contribution in [2.24, 2.45) is 5.41 Å². The van der Waals surface area contributed by atoms with E-state index in [-0.39, 0.29) is 18.0 Å². The summed E-state index contributed by atoms with van der Waals surface area (Å²) >= 11 is 0. The molecule has 4 N–H and O–H groups in total. The smallest absolute Gasteiger partial charge is 0.337 e. The molecule has 0 aliphatic heterocycles. The molecule has 0 aromatic heterocycles. The fourth-order valence-corrected chi connectivity index (χ4v) is 2.39. The van der Waals surface area contributed by atoms with Gasteiger partial charge in [-0.2, -0.15) is 0 Å². The molecule has 0 aromatic rings. The van der Waals surface area contributed by atoms with Crippen LogP contribution >= 0.6 is 0 Å². The number of hydrogen-bond donors (Lipinski definition) is 4. The van der Waals surface area contributed by atoms with E-state index in [1.54, 1.807) is 0 Å². The first-order valence-corrected chi connectivity index (χ1v) is 6.62. The molecule has 0 spiro atoms. The van der Waals surface area contributed by atoms with Crippen molar-refractivity contribution in [2.75, 3.05) is 6.54 Å². The average Bonchev–Trinajstić information content (AvgIpc) is 2.25. The zero-order chi connectivity index (χ0) is 14.7. The minimum atomic E-state index is -1.94. The van der Waals surface area contributed by atoms with Crippen LogP contribution in [-0.4, -0.2) is 40.4 Å². The normalized spacial score (nSPS) is 25.2. The van der Waals surface area contributed by atoms with Gasteiger partial charge in [0, 0.05) is 6.04 Å². The number of hydrogen-bond acceptors (Lipinski definition) is 3. The van der Waals surface area contributed by atoms with Gasteiger partial charge >= 0.3 is 12.0 Å². The second-order valence-electron chi connectivity index (χ2n) is 6.36. The summed E-state index contributed by atoms with van der Waals surface area (Å²) in [5.74, 6) is -1.36. The van der Waals surface area contributed by atoms with Crippen LogP contribution in [0.4, 0.5) is 4.79 Å². The van der Waals surface area contributed by atoms with Crippen molar-refractivity contribution in [1.82, 2.24) is 10.6 Å². The molecule has 0 heterocycles. The Labute approximate surface area is 113 Å². The van der Waals surface area contributed by atoms with Gasteiger partial charge in [0.2, 0.25) is 0 Å². The van der Waals surface area contributed by atoms with Gasteiger partial charge in [-0.05, 0) is 31.6 Å². The maximum atomic E-state index is 11.7. The van der Waals surface area contributed by atoms with E-state index in [0.717, 1.165) is 32.6 Å². The molecule has 6 nitrogen and oxygen atoms in total. The van der Waals surface area contributed by atoms with E-state index in [1.807, 2.05) is 0 Å². The highest BCUT2D eigenvalue weighted by molar-refractivity contribution is 5.79. The molecule has 1 fully saturated rings. The predicted molar refractivity (Wildman–Crippen MR) is 70.8 cm³/mol. The van der Waals surface area contributed by atoms with Gasteiger partial charge < -0.3 is 20.8 Å². The number of aliphatic hydroxyl groups is 1. The molecule has 1 rings (SSSR count). The molecule has 0 saturated heterocycles. The number of carboxylic acids is 1. The van der Waals surface area contributed by atoms with Crippen molar-refractivity contribution in [1.29, 1.82) is 0 Å². The number of amides is 2. The van der Waals surface area contributed by atoms with Crippen molar-refractivity contribution >= 4 is 12.0 Å². The fraction of sp³-hybridized carbons (Fsp3) is 0.846. The third kappa shape index (κ3) is 5.06. The van der Waals surface area contributed by atoms with E-state index in [0.29, 0.717) is 0 Å². The highest BCUT2D eigenvalue weighted by Crippen LogP contribution is 2.34. The van der Waals surface area contributed by atoms with Crippen molar-refractivity contribution in [3.05, 3.63) is 0 Å². The summed E-state index contributed by atoms with van der Waals surface area (Å²) in [4.78, 5) is 22.4. The second-order valence-corrected chi connectivity index (χ2v) is 6.36. The van der Waals surface area contributed by atoms with Gasteiger partial charge in [0.25, 0.3) is 0 Å². The fourth-order valence-electron chi connectivity index (χ4n) is 2.39. The van der Waals surface area contributed by atoms with Crippen LogP contribution < -0.4 is 10.6 Å². The SMILES string of the molecule is CC1(C)CCCC(NC(=O)NCC(C)(O)C(=O)O)C1. The van der Waals surface area contributed by atoms with Gasteiger partial charge in [0.15, 0.2) is 5.60 Å². The number of carbonyl (C=O) groups excluding carboxylic acids is 1. The summed E-state index contributed by atoms with van der Waals surface area (Å²) in [6.07, 6.45) is 4.08. The predicted octanol–water partition coefficient (Wildman–Crippen LogP) is 1.09. The minimum absolute atomic E-state index is 0.110. The Kier molecular flexibility index (Phi) is 4.79. The molecular weight excluding hydrogens is 248 g/mol. The van der Waals surface area contributed by atoms with Gasteiger partial charge in [-0.3, -0.25) is 0 Å². The third-order valence-electron chi connectivity index (χ3n) is 3.59. The van der Waals surface area contributed by atoms with Crippen molar-refractivity contribution in [2.45, 2.75) is 58.1 Å². The van der Waals surface area contributed by atoms with Crippen LogP contribution in [-0.2, 0) is 4.79 Å². The molecule has 0 aromatic carbocycles. The van der Waals surface area contributed by atoms with Gasteiger partial charge in [-0.25, -0.2) is 9.59 Å². The van der Waals surface area contributed by atoms with Gasteiger partial charge in [0.1, 0.15) is 0 Å². The Bertz CT molecular complexity index is 353. The Morgan fingerprint density at radius 2 is 2.05 bits per heavy atom. The molecule has 19 heavy (non-hydrogen) atoms. The van der Waals surface area contributed by atoms with E-state index in [2.05, 4.69) is 24.5 Å². The van der Waals surface area contributed by atoms with Crippen molar-refractivity contribution < 1.29 is 19.8 Å². The lowest BCUT2D eigenvalue weighted by Gasteiger charge is -2.35. The topological polar surface area (TPSA) is 98.7 Å². The minimum Gasteiger partial charge on any atom is -0.479 e. The Balaban J connectivity index is 2.37. The van der Waals surface area contributed by atoms with Crippen LogP contribution in [0.3, 0.4) is 0 Å². The van der Waals surface area contributed by atoms with Crippen LogP contribution in [0.1, 0.15) is 46.5 Å². The van der Waals surface area contributed by atoms with Gasteiger partial charge in [-0.15, -0.1) is 0 Å². The summed E-state index contributed by atoms with van der Waals surface area (Å²) < 4.78 is 0. The summed E-state index contributed by atoms with van der Waals surface area (Å²) in [5, 5.41) is 23.4. The maximum absolute atomic E-state index is 11.7. The summed E-state index contributed by atoms with van der Waals surface area (Å²) in [5.41, 5.74) is -1.72. The quantitative estimate of drug-likeness (QED) is 0.615. The van der Waals surface area contributed by atoms with Gasteiger partial charge in [-0.1, -0.05) is 20.3 Å². The molecule has 0 bridgehead atoms. The largest absolute Gasteiger partial charge is 0.479 e. The number of urea groups is 1. The van der Waals surface area contributed by atoms with Crippen LogP contribution in [0, 0.1) is 5.41 Å². The summed E-state index contributed by atoms with van der Waals surface area (Å²) in [7, 11) is 0. The van der Waals surface area contributed by atoms with Crippen LogP contribution in [0.2, 0.25) is 0 Å². The van der Waals surface area contributed by atoms with Crippen molar-refractivity contribution in [3.8, 4) is 0 Å². The van der Waals surface area contributed by atoms with Crippen LogP contribution in [0.25, 0.3) is 0 Å². The third-order valence-corrected chi connectivity index (χ3v) is 3.59. The second kappa shape index (κ2) is 5.77. The highest BCUT2D eigenvalue weighted by Gasteiger charge is 2.32. The number of aliphatic carboxylic acids is 1. The Morgan fingerprint density at radius 3 is 2.58 bits per heavy atom. The molecular formula is C13H24N2O4. The molecule has 2 amide bonds. The Hall–Kier alpha value is -1.30. The molecule has 1 aliphatic carbocycles. The van der Waals surface area contributed by atoms with Gasteiger partial charge in [0.05, 0.1) is 6.54 Å². The average molecular weight is 272 g/mol. The zero-order valence-electron chi connectivity index (χ0n) is 11.8. The molecule has 1 saturated carbocycles. The highest BCUT2D eigenvalue weighted by atomic mass is 16.4. The Morgan fingerprint density at radius 1 is 1.42 bits per heavy atom. The number of rotatable bonds is 4. The van der Waals surface area contributed by atoms with E-state index in [1.165, 1.54) is 0 Å². The molecule has 2 atom stereocenters. The van der Waals surface area contributed by atoms with Crippen LogP contribution in [0.5, 0.6) is 0 Å². The lowest BCUT2D eigenvalue weighted by molar-refractivity contribution is -0.155. The number of nitrogens with one attached hydrogen (secondary N) is 2. The first-order chi connectivity index (χ1) is 8.62. The summed E-state index contributed by atoms with van der Waals surface area (Å²) in [6.45, 7) is 5.19. The monoisotopic (exact) mass is 272 g/mol. The lowest BCUT2D eigenvalue weighted by Crippen LogP contribution is -2.51. The maximum Gasteiger partial charge on any atom is 0.337 e. The zero-order valence-corrected chi connectivity index (χ0v) is 11.8. The molecule has 2 unspecified atom stereocenters. The standard InChI is InChI=1S/C13H24N2O4/c1-12(2)6-4-5-9(7-12)15-11(18)14-8-13(3,19)10(16)17/h9,19H,4-8H2,1-3H3,(H,16,17)(H2,14,15,18). The van der Waals surface area contributed by atoms with E-state index < -0.39 is 17.6 Å². The van der Waals surface area contributed by atoms with Crippen LogP contribution in [0.15, 0.2) is 0 Å². The first-order valence-electron chi connectivity index (χ1n) is 6.62. The first kappa shape index (κ1) is 15.8.